The van der Waals surface area contributed by atoms with Gasteiger partial charge in [0.25, 0.3) is 0 Å². The quantitative estimate of drug-likeness (QED) is 0.859. The molecule has 0 fully saturated rings. The van der Waals surface area contributed by atoms with Gasteiger partial charge < -0.3 is 10.1 Å². The third kappa shape index (κ3) is 2.52. The number of ether oxygens (including phenoxy) is 1. The van der Waals surface area contributed by atoms with Crippen molar-refractivity contribution in [2.75, 3.05) is 11.9 Å². The lowest BCUT2D eigenvalue weighted by molar-refractivity contribution is 0.209. The van der Waals surface area contributed by atoms with E-state index in [1.54, 1.807) is 6.07 Å². The molecule has 2 nitrogen and oxygen atoms in total. The Morgan fingerprint density at radius 2 is 2.15 bits per heavy atom. The van der Waals surface area contributed by atoms with Crippen LogP contribution in [0.2, 0.25) is 0 Å². The van der Waals surface area contributed by atoms with Crippen LogP contribution in [-0.4, -0.2) is 6.54 Å². The first-order valence-corrected chi connectivity index (χ1v) is 7.45. The van der Waals surface area contributed by atoms with E-state index in [-0.39, 0.29) is 11.9 Å². The predicted octanol–water partition coefficient (Wildman–Crippen LogP) is 4.70. The smallest absolute Gasteiger partial charge is 0.143 e. The standard InChI is InChI=1S/C16H15BrFNO/c1-2-10-3-6-15-14(7-10)19-9-16(20-15)12-5-4-11(18)8-13(12)17/h3-8,16,19H,2,9H2,1H3. The minimum Gasteiger partial charge on any atom is -0.482 e. The van der Waals surface area contributed by atoms with E-state index in [1.807, 2.05) is 6.07 Å². The fraction of sp³-hybridized carbons (Fsp3) is 0.250. The summed E-state index contributed by atoms with van der Waals surface area (Å²) in [6.07, 6.45) is 0.881. The van der Waals surface area contributed by atoms with E-state index >= 15 is 0 Å². The van der Waals surface area contributed by atoms with Gasteiger partial charge in [0.2, 0.25) is 0 Å². The van der Waals surface area contributed by atoms with Crippen molar-refractivity contribution in [3.05, 3.63) is 57.8 Å². The van der Waals surface area contributed by atoms with Gasteiger partial charge in [0.05, 0.1) is 12.2 Å². The third-order valence-electron chi connectivity index (χ3n) is 3.51. The molecule has 0 amide bonds. The molecule has 20 heavy (non-hydrogen) atoms. The maximum absolute atomic E-state index is 13.2. The van der Waals surface area contributed by atoms with Gasteiger partial charge >= 0.3 is 0 Å². The van der Waals surface area contributed by atoms with Crippen LogP contribution in [0.15, 0.2) is 40.9 Å². The van der Waals surface area contributed by atoms with Crippen LogP contribution in [0, 0.1) is 5.82 Å². The summed E-state index contributed by atoms with van der Waals surface area (Å²) in [6.45, 7) is 2.80. The lowest BCUT2D eigenvalue weighted by Gasteiger charge is -2.28. The van der Waals surface area contributed by atoms with Gasteiger partial charge in [0.15, 0.2) is 0 Å². The molecule has 0 saturated carbocycles. The van der Waals surface area contributed by atoms with E-state index in [2.05, 4.69) is 40.3 Å². The molecule has 1 heterocycles. The van der Waals surface area contributed by atoms with E-state index in [0.717, 1.165) is 27.9 Å². The zero-order valence-electron chi connectivity index (χ0n) is 11.1. The maximum Gasteiger partial charge on any atom is 0.143 e. The summed E-state index contributed by atoms with van der Waals surface area (Å²) in [5, 5.41) is 3.39. The van der Waals surface area contributed by atoms with Crippen LogP contribution in [0.25, 0.3) is 0 Å². The molecule has 0 aromatic heterocycles. The van der Waals surface area contributed by atoms with Gasteiger partial charge in [0, 0.05) is 10.0 Å². The molecule has 104 valence electrons. The summed E-state index contributed by atoms with van der Waals surface area (Å²) in [6, 6.07) is 10.9. The summed E-state index contributed by atoms with van der Waals surface area (Å²) in [5.41, 5.74) is 3.25. The Balaban J connectivity index is 1.88. The van der Waals surface area contributed by atoms with Crippen LogP contribution < -0.4 is 10.1 Å². The van der Waals surface area contributed by atoms with Crippen molar-refractivity contribution in [3.63, 3.8) is 0 Å². The fourth-order valence-electron chi connectivity index (χ4n) is 2.37. The Kier molecular flexibility index (Phi) is 3.66. The molecular weight excluding hydrogens is 321 g/mol. The van der Waals surface area contributed by atoms with Gasteiger partial charge in [-0.1, -0.05) is 35.0 Å². The SMILES string of the molecule is CCc1ccc2c(c1)NCC(c1ccc(F)cc1Br)O2. The molecule has 3 rings (SSSR count). The molecule has 0 radical (unpaired) electrons. The molecule has 1 N–H and O–H groups in total. The predicted molar refractivity (Wildman–Crippen MR) is 81.8 cm³/mol. The second-order valence-electron chi connectivity index (χ2n) is 4.84. The van der Waals surface area contributed by atoms with E-state index in [4.69, 9.17) is 4.74 Å². The van der Waals surface area contributed by atoms with Crippen LogP contribution in [-0.2, 0) is 6.42 Å². The summed E-state index contributed by atoms with van der Waals surface area (Å²) in [4.78, 5) is 0. The van der Waals surface area contributed by atoms with Gasteiger partial charge in [-0.25, -0.2) is 4.39 Å². The molecule has 0 bridgehead atoms. The maximum atomic E-state index is 13.2. The topological polar surface area (TPSA) is 21.3 Å². The van der Waals surface area contributed by atoms with Gasteiger partial charge in [-0.2, -0.15) is 0 Å². The number of hydrogen-bond donors (Lipinski definition) is 1. The van der Waals surface area contributed by atoms with Crippen molar-refractivity contribution in [2.45, 2.75) is 19.4 Å². The molecule has 1 unspecified atom stereocenters. The van der Waals surface area contributed by atoms with Crippen LogP contribution in [0.5, 0.6) is 5.75 Å². The first-order chi connectivity index (χ1) is 9.67. The first kappa shape index (κ1) is 13.4. The molecule has 1 atom stereocenters. The number of aryl methyl sites for hydroxylation is 1. The summed E-state index contributed by atoms with van der Waals surface area (Å²) in [5.74, 6) is 0.590. The molecule has 2 aromatic carbocycles. The first-order valence-electron chi connectivity index (χ1n) is 6.65. The number of halogens is 2. The molecule has 1 aliphatic rings. The zero-order chi connectivity index (χ0) is 14.1. The molecule has 2 aromatic rings. The second kappa shape index (κ2) is 5.44. The third-order valence-corrected chi connectivity index (χ3v) is 4.20. The van der Waals surface area contributed by atoms with E-state index in [1.165, 1.54) is 17.7 Å². The van der Waals surface area contributed by atoms with Crippen LogP contribution >= 0.6 is 15.9 Å². The van der Waals surface area contributed by atoms with E-state index in [0.29, 0.717) is 6.54 Å². The van der Waals surface area contributed by atoms with Gasteiger partial charge in [-0.05, 0) is 36.2 Å². The lowest BCUT2D eigenvalue weighted by Crippen LogP contribution is -2.24. The van der Waals surface area contributed by atoms with Crippen LogP contribution in [0.4, 0.5) is 10.1 Å². The number of rotatable bonds is 2. The Hall–Kier alpha value is -1.55. The normalized spacial score (nSPS) is 17.1. The van der Waals surface area contributed by atoms with Gasteiger partial charge in [-0.15, -0.1) is 0 Å². The lowest BCUT2D eigenvalue weighted by atomic mass is 10.1. The zero-order valence-corrected chi connectivity index (χ0v) is 12.7. The average molecular weight is 336 g/mol. The van der Waals surface area contributed by atoms with Crippen LogP contribution in [0.3, 0.4) is 0 Å². The largest absolute Gasteiger partial charge is 0.482 e. The van der Waals surface area contributed by atoms with Crippen molar-refractivity contribution < 1.29 is 9.13 Å². The molecule has 4 heteroatoms. The highest BCUT2D eigenvalue weighted by molar-refractivity contribution is 9.10. The number of benzene rings is 2. The van der Waals surface area contributed by atoms with Gasteiger partial charge in [-0.3, -0.25) is 0 Å². The van der Waals surface area contributed by atoms with Gasteiger partial charge in [0.1, 0.15) is 17.7 Å². The Labute approximate surface area is 126 Å². The van der Waals surface area contributed by atoms with Crippen molar-refractivity contribution in [1.82, 2.24) is 0 Å². The second-order valence-corrected chi connectivity index (χ2v) is 5.69. The molecule has 0 saturated heterocycles. The summed E-state index contributed by atoms with van der Waals surface area (Å²) in [7, 11) is 0. The summed E-state index contributed by atoms with van der Waals surface area (Å²) >= 11 is 3.40. The number of fused-ring (bicyclic) bond motifs is 1. The molecule has 1 aliphatic heterocycles. The highest BCUT2D eigenvalue weighted by Crippen LogP contribution is 2.37. The average Bonchev–Trinajstić information content (AvgIpc) is 2.46. The Bertz CT molecular complexity index is 644. The fourth-order valence-corrected chi connectivity index (χ4v) is 2.98. The van der Waals surface area contributed by atoms with Crippen molar-refractivity contribution >= 4 is 21.6 Å². The van der Waals surface area contributed by atoms with E-state index < -0.39 is 0 Å². The van der Waals surface area contributed by atoms with Crippen molar-refractivity contribution in [1.29, 1.82) is 0 Å². The molecular formula is C16H15BrFNO. The van der Waals surface area contributed by atoms with Crippen molar-refractivity contribution in [3.8, 4) is 5.75 Å². The van der Waals surface area contributed by atoms with E-state index in [9.17, 15) is 4.39 Å². The Morgan fingerprint density at radius 3 is 2.90 bits per heavy atom. The number of nitrogens with one attached hydrogen (secondary N) is 1. The highest BCUT2D eigenvalue weighted by atomic mass is 79.9. The monoisotopic (exact) mass is 335 g/mol. The molecule has 0 aliphatic carbocycles. The minimum atomic E-state index is -0.252. The van der Waals surface area contributed by atoms with Crippen LogP contribution in [0.1, 0.15) is 24.2 Å². The number of anilines is 1. The number of hydrogen-bond acceptors (Lipinski definition) is 2. The van der Waals surface area contributed by atoms with Crippen molar-refractivity contribution in [2.24, 2.45) is 0 Å². The Morgan fingerprint density at radius 1 is 1.30 bits per heavy atom. The summed E-state index contributed by atoms with van der Waals surface area (Å²) < 4.78 is 19.9. The molecule has 0 spiro atoms. The minimum absolute atomic E-state index is 0.120. The highest BCUT2D eigenvalue weighted by Gasteiger charge is 2.22.